The molecule has 10 heteroatoms. The van der Waals surface area contributed by atoms with Crippen LogP contribution in [0.4, 0.5) is 4.79 Å². The lowest BCUT2D eigenvalue weighted by atomic mass is 9.93. The van der Waals surface area contributed by atoms with E-state index in [0.717, 1.165) is 5.56 Å². The third-order valence-electron chi connectivity index (χ3n) is 7.46. The Kier molecular flexibility index (Phi) is 8.99. The molecule has 214 valence electrons. The molecule has 4 rings (SSSR count). The van der Waals surface area contributed by atoms with Gasteiger partial charge in [0.1, 0.15) is 0 Å². The zero-order valence-electron chi connectivity index (χ0n) is 24.0. The molecule has 3 amide bonds. The maximum Gasteiger partial charge on any atom is 0.338 e. The molecule has 2 aliphatic heterocycles. The first-order valence-electron chi connectivity index (χ1n) is 13.4. The molecule has 0 spiro atoms. The van der Waals surface area contributed by atoms with Crippen molar-refractivity contribution in [3.63, 3.8) is 0 Å². The molecule has 0 aromatic heterocycles. The Bertz CT molecular complexity index is 1290. The van der Waals surface area contributed by atoms with E-state index in [9.17, 15) is 14.4 Å². The Hall–Kier alpha value is -4.05. The predicted molar refractivity (Wildman–Crippen MR) is 150 cm³/mol. The number of nitrogens with zero attached hydrogens (tertiary/aromatic N) is 3. The Morgan fingerprint density at radius 1 is 1.05 bits per heavy atom. The van der Waals surface area contributed by atoms with Crippen LogP contribution in [0.2, 0.25) is 0 Å². The van der Waals surface area contributed by atoms with Gasteiger partial charge in [0.05, 0.1) is 32.4 Å². The van der Waals surface area contributed by atoms with Crippen LogP contribution in [0.3, 0.4) is 0 Å². The molecule has 2 aromatic carbocycles. The van der Waals surface area contributed by atoms with E-state index in [1.165, 1.54) is 19.1 Å². The van der Waals surface area contributed by atoms with Gasteiger partial charge in [-0.3, -0.25) is 14.6 Å². The van der Waals surface area contributed by atoms with Crippen molar-refractivity contribution in [2.24, 2.45) is 0 Å². The molecule has 1 N–H and O–H groups in total. The van der Waals surface area contributed by atoms with Gasteiger partial charge in [-0.05, 0) is 39.0 Å². The van der Waals surface area contributed by atoms with Crippen molar-refractivity contribution in [1.82, 2.24) is 20.0 Å². The number of piperazine rings is 1. The summed E-state index contributed by atoms with van der Waals surface area (Å²) in [6.45, 7) is 7.97. The van der Waals surface area contributed by atoms with Crippen LogP contribution in [0.15, 0.2) is 53.7 Å². The van der Waals surface area contributed by atoms with Gasteiger partial charge < -0.3 is 24.4 Å². The van der Waals surface area contributed by atoms with E-state index in [2.05, 4.69) is 10.2 Å². The molecule has 0 saturated carbocycles. The first kappa shape index (κ1) is 28.9. The first-order chi connectivity index (χ1) is 19.2. The van der Waals surface area contributed by atoms with E-state index < -0.39 is 12.0 Å². The molecule has 2 heterocycles. The zero-order chi connectivity index (χ0) is 29.0. The van der Waals surface area contributed by atoms with Crippen molar-refractivity contribution in [3.8, 4) is 11.5 Å². The summed E-state index contributed by atoms with van der Waals surface area (Å²) in [5.41, 5.74) is 3.23. The first-order valence-corrected chi connectivity index (χ1v) is 13.4. The molecule has 2 aliphatic rings. The smallest absolute Gasteiger partial charge is 0.338 e. The minimum Gasteiger partial charge on any atom is -0.493 e. The average Bonchev–Trinajstić information content (AvgIpc) is 2.95. The number of carbonyl (C=O) groups is 3. The fourth-order valence-corrected chi connectivity index (χ4v) is 5.32. The molecule has 10 nitrogen and oxygen atoms in total. The van der Waals surface area contributed by atoms with Gasteiger partial charge in [0, 0.05) is 56.1 Å². The van der Waals surface area contributed by atoms with E-state index in [4.69, 9.17) is 14.2 Å². The molecular weight excluding hydrogens is 512 g/mol. The summed E-state index contributed by atoms with van der Waals surface area (Å²) in [5, 5.41) is 2.94. The maximum absolute atomic E-state index is 13.4. The van der Waals surface area contributed by atoms with Crippen LogP contribution in [0.1, 0.15) is 41.4 Å². The third-order valence-corrected chi connectivity index (χ3v) is 7.46. The molecule has 1 saturated heterocycles. The van der Waals surface area contributed by atoms with Gasteiger partial charge >= 0.3 is 12.0 Å². The van der Waals surface area contributed by atoms with E-state index >= 15 is 0 Å². The summed E-state index contributed by atoms with van der Waals surface area (Å²) in [6, 6.07) is 11.7. The van der Waals surface area contributed by atoms with Crippen molar-refractivity contribution in [1.29, 1.82) is 0 Å². The van der Waals surface area contributed by atoms with Gasteiger partial charge in [-0.25, -0.2) is 9.59 Å². The van der Waals surface area contributed by atoms with Crippen LogP contribution in [0.5, 0.6) is 11.5 Å². The van der Waals surface area contributed by atoms with Crippen LogP contribution >= 0.6 is 0 Å². The summed E-state index contributed by atoms with van der Waals surface area (Å²) >= 11 is 0. The minimum absolute atomic E-state index is 0.00192. The van der Waals surface area contributed by atoms with Gasteiger partial charge in [0.15, 0.2) is 11.5 Å². The van der Waals surface area contributed by atoms with E-state index in [1.807, 2.05) is 43.0 Å². The summed E-state index contributed by atoms with van der Waals surface area (Å²) in [7, 11) is 4.70. The standard InChI is InChI=1S/C30H38N4O6/c1-7-40-29(36)25-23(32(4)30(37)31-26(25)22-9-8-10-24(38-5)27(22)39-6)18-33-15-16-34(20(3)17-33)28(35)21-13-11-19(2)12-14-21/h8-14,20,26H,7,15-18H2,1-6H3,(H,31,37)/t20-,26-/m0/s1. The Morgan fingerprint density at radius 2 is 1.77 bits per heavy atom. The van der Waals surface area contributed by atoms with Gasteiger partial charge in [0.2, 0.25) is 0 Å². The highest BCUT2D eigenvalue weighted by atomic mass is 16.5. The van der Waals surface area contributed by atoms with Crippen LogP contribution in [0.25, 0.3) is 0 Å². The van der Waals surface area contributed by atoms with Gasteiger partial charge in [0.25, 0.3) is 5.91 Å². The van der Waals surface area contributed by atoms with Crippen molar-refractivity contribution in [2.45, 2.75) is 32.9 Å². The highest BCUT2D eigenvalue weighted by molar-refractivity contribution is 5.96. The van der Waals surface area contributed by atoms with Gasteiger partial charge in [-0.2, -0.15) is 0 Å². The second kappa shape index (κ2) is 12.4. The van der Waals surface area contributed by atoms with E-state index in [1.54, 1.807) is 32.2 Å². The SMILES string of the molecule is CCOC(=O)C1=C(CN2CCN(C(=O)c3ccc(C)cc3)[C@@H](C)C2)N(C)C(=O)N[C@H]1c1cccc(OC)c1OC. The van der Waals surface area contributed by atoms with Crippen molar-refractivity contribution < 1.29 is 28.6 Å². The third kappa shape index (κ3) is 5.77. The molecule has 0 unspecified atom stereocenters. The second-order valence-electron chi connectivity index (χ2n) is 10.1. The number of methoxy groups -OCH3 is 2. The number of likely N-dealkylation sites (N-methyl/N-ethyl adjacent to an activating group) is 1. The number of amides is 3. The van der Waals surface area contributed by atoms with Crippen LogP contribution < -0.4 is 14.8 Å². The molecule has 2 atom stereocenters. The molecule has 1 fully saturated rings. The van der Waals surface area contributed by atoms with E-state index in [0.29, 0.717) is 60.1 Å². The highest BCUT2D eigenvalue weighted by Crippen LogP contribution is 2.40. The number of benzene rings is 2. The fraction of sp³-hybridized carbons (Fsp3) is 0.433. The Morgan fingerprint density at radius 3 is 2.40 bits per heavy atom. The number of esters is 1. The number of hydrogen-bond donors (Lipinski definition) is 1. The number of urea groups is 1. The van der Waals surface area contributed by atoms with Crippen LogP contribution in [-0.4, -0.2) is 92.7 Å². The molecular formula is C30H38N4O6. The quantitative estimate of drug-likeness (QED) is 0.503. The zero-order valence-corrected chi connectivity index (χ0v) is 24.0. The molecule has 40 heavy (non-hydrogen) atoms. The summed E-state index contributed by atoms with van der Waals surface area (Å²) in [6.07, 6.45) is 0. The lowest BCUT2D eigenvalue weighted by Gasteiger charge is -2.42. The largest absolute Gasteiger partial charge is 0.493 e. The summed E-state index contributed by atoms with van der Waals surface area (Å²) in [4.78, 5) is 45.3. The average molecular weight is 551 g/mol. The molecule has 0 radical (unpaired) electrons. The number of rotatable bonds is 8. The number of para-hydroxylation sites is 1. The molecule has 0 bridgehead atoms. The number of carbonyl (C=O) groups excluding carboxylic acids is 3. The highest BCUT2D eigenvalue weighted by Gasteiger charge is 2.40. The Balaban J connectivity index is 1.65. The molecule has 2 aromatic rings. The lowest BCUT2D eigenvalue weighted by molar-refractivity contribution is -0.139. The van der Waals surface area contributed by atoms with Gasteiger partial charge in [-0.15, -0.1) is 0 Å². The maximum atomic E-state index is 13.4. The van der Waals surface area contributed by atoms with Crippen molar-refractivity contribution in [3.05, 3.63) is 70.4 Å². The van der Waals surface area contributed by atoms with E-state index in [-0.39, 0.29) is 24.6 Å². The minimum atomic E-state index is -0.801. The second-order valence-corrected chi connectivity index (χ2v) is 10.1. The summed E-state index contributed by atoms with van der Waals surface area (Å²) < 4.78 is 16.6. The Labute approximate surface area is 235 Å². The van der Waals surface area contributed by atoms with Gasteiger partial charge in [-0.1, -0.05) is 29.8 Å². The van der Waals surface area contributed by atoms with Crippen molar-refractivity contribution in [2.75, 3.05) is 54.1 Å². The normalized spacial score (nSPS) is 19.8. The van der Waals surface area contributed by atoms with Crippen LogP contribution in [0, 0.1) is 6.92 Å². The lowest BCUT2D eigenvalue weighted by Crippen LogP contribution is -2.56. The monoisotopic (exact) mass is 550 g/mol. The van der Waals surface area contributed by atoms with Crippen LogP contribution in [-0.2, 0) is 9.53 Å². The number of ether oxygens (including phenoxy) is 3. The number of nitrogens with one attached hydrogen (secondary N) is 1. The topological polar surface area (TPSA) is 101 Å². The summed E-state index contributed by atoms with van der Waals surface area (Å²) in [5.74, 6) is 0.400. The molecule has 0 aliphatic carbocycles. The van der Waals surface area contributed by atoms with Crippen molar-refractivity contribution >= 4 is 17.9 Å². The fourth-order valence-electron chi connectivity index (χ4n) is 5.32. The number of hydrogen-bond acceptors (Lipinski definition) is 7. The predicted octanol–water partition coefficient (Wildman–Crippen LogP) is 3.37. The number of aryl methyl sites for hydroxylation is 1.